The molecule has 3 heteroatoms. The van der Waals surface area contributed by atoms with E-state index in [2.05, 4.69) is 46.9 Å². The standard InChI is InChI=1S/C14H30N2O/c1-10(2)12(7-8-15)16-13(17)9-11(3)14(4,5)6/h10-12H,7-9,15H2,1-6H3,(H,16,17). The Labute approximate surface area is 107 Å². The number of hydrogen-bond acceptors (Lipinski definition) is 2. The van der Waals surface area contributed by atoms with Crippen LogP contribution in [-0.2, 0) is 4.79 Å². The number of rotatable bonds is 6. The topological polar surface area (TPSA) is 55.1 Å². The monoisotopic (exact) mass is 242 g/mol. The zero-order valence-electron chi connectivity index (χ0n) is 12.3. The molecule has 0 fully saturated rings. The Hall–Kier alpha value is -0.570. The summed E-state index contributed by atoms with van der Waals surface area (Å²) in [7, 11) is 0. The van der Waals surface area contributed by atoms with E-state index in [1.807, 2.05) is 0 Å². The second kappa shape index (κ2) is 7.00. The van der Waals surface area contributed by atoms with Crippen LogP contribution in [0.3, 0.4) is 0 Å². The molecule has 0 aliphatic heterocycles. The van der Waals surface area contributed by atoms with E-state index in [1.165, 1.54) is 0 Å². The largest absolute Gasteiger partial charge is 0.353 e. The Morgan fingerprint density at radius 3 is 2.12 bits per heavy atom. The van der Waals surface area contributed by atoms with Crippen molar-refractivity contribution in [3.63, 3.8) is 0 Å². The van der Waals surface area contributed by atoms with Gasteiger partial charge < -0.3 is 11.1 Å². The number of nitrogens with two attached hydrogens (primary N) is 1. The second-order valence-corrected chi connectivity index (χ2v) is 6.47. The fourth-order valence-corrected chi connectivity index (χ4v) is 1.60. The highest BCUT2D eigenvalue weighted by atomic mass is 16.1. The Morgan fingerprint density at radius 1 is 1.24 bits per heavy atom. The van der Waals surface area contributed by atoms with E-state index in [4.69, 9.17) is 5.73 Å². The number of nitrogens with one attached hydrogen (secondary N) is 1. The summed E-state index contributed by atoms with van der Waals surface area (Å²) in [6.07, 6.45) is 1.45. The van der Waals surface area contributed by atoms with Crippen molar-refractivity contribution in [2.75, 3.05) is 6.54 Å². The molecule has 0 rings (SSSR count). The summed E-state index contributed by atoms with van der Waals surface area (Å²) in [6.45, 7) is 13.5. The maximum Gasteiger partial charge on any atom is 0.220 e. The van der Waals surface area contributed by atoms with Crippen molar-refractivity contribution in [3.8, 4) is 0 Å². The van der Waals surface area contributed by atoms with Crippen LogP contribution in [0.25, 0.3) is 0 Å². The lowest BCUT2D eigenvalue weighted by atomic mass is 9.80. The zero-order valence-corrected chi connectivity index (χ0v) is 12.3. The first-order chi connectivity index (χ1) is 7.68. The molecule has 0 heterocycles. The van der Waals surface area contributed by atoms with Gasteiger partial charge in [-0.05, 0) is 30.2 Å². The summed E-state index contributed by atoms with van der Waals surface area (Å²) in [5.74, 6) is 0.972. The number of carbonyl (C=O) groups excluding carboxylic acids is 1. The van der Waals surface area contributed by atoms with Crippen LogP contribution < -0.4 is 11.1 Å². The summed E-state index contributed by atoms with van der Waals surface area (Å²) in [5.41, 5.74) is 5.74. The molecule has 1 amide bonds. The van der Waals surface area contributed by atoms with E-state index in [-0.39, 0.29) is 17.4 Å². The quantitative estimate of drug-likeness (QED) is 0.752. The van der Waals surface area contributed by atoms with Crippen molar-refractivity contribution >= 4 is 5.91 Å². The molecule has 0 saturated carbocycles. The normalized spacial score (nSPS) is 15.8. The minimum absolute atomic E-state index is 0.152. The van der Waals surface area contributed by atoms with E-state index in [0.717, 1.165) is 6.42 Å². The first-order valence-corrected chi connectivity index (χ1v) is 6.68. The van der Waals surface area contributed by atoms with Gasteiger partial charge in [-0.2, -0.15) is 0 Å². The fraction of sp³-hybridized carbons (Fsp3) is 0.929. The summed E-state index contributed by atoms with van der Waals surface area (Å²) in [4.78, 5) is 11.9. The van der Waals surface area contributed by atoms with Crippen molar-refractivity contribution in [1.29, 1.82) is 0 Å². The molecule has 17 heavy (non-hydrogen) atoms. The van der Waals surface area contributed by atoms with E-state index in [9.17, 15) is 4.79 Å². The molecular weight excluding hydrogens is 212 g/mol. The highest BCUT2D eigenvalue weighted by molar-refractivity contribution is 5.76. The van der Waals surface area contributed by atoms with Crippen molar-refractivity contribution < 1.29 is 4.79 Å². The molecule has 0 aliphatic carbocycles. The SMILES string of the molecule is CC(C)C(CCN)NC(=O)CC(C)C(C)(C)C. The van der Waals surface area contributed by atoms with Gasteiger partial charge in [-0.3, -0.25) is 4.79 Å². The highest BCUT2D eigenvalue weighted by Crippen LogP contribution is 2.27. The van der Waals surface area contributed by atoms with Crippen molar-refractivity contribution in [3.05, 3.63) is 0 Å². The van der Waals surface area contributed by atoms with Crippen LogP contribution in [0, 0.1) is 17.3 Å². The molecule has 2 unspecified atom stereocenters. The smallest absolute Gasteiger partial charge is 0.220 e. The molecule has 0 aromatic heterocycles. The molecule has 3 nitrogen and oxygen atoms in total. The van der Waals surface area contributed by atoms with E-state index in [1.54, 1.807) is 0 Å². The molecule has 2 atom stereocenters. The maximum absolute atomic E-state index is 11.9. The van der Waals surface area contributed by atoms with Gasteiger partial charge in [-0.25, -0.2) is 0 Å². The minimum Gasteiger partial charge on any atom is -0.353 e. The first-order valence-electron chi connectivity index (χ1n) is 6.68. The molecule has 3 N–H and O–H groups in total. The van der Waals surface area contributed by atoms with E-state index < -0.39 is 0 Å². The van der Waals surface area contributed by atoms with Crippen LogP contribution in [-0.4, -0.2) is 18.5 Å². The summed E-state index contributed by atoms with van der Waals surface area (Å²) in [5, 5.41) is 3.10. The van der Waals surface area contributed by atoms with Gasteiger partial charge in [0.1, 0.15) is 0 Å². The Bertz CT molecular complexity index is 231. The predicted octanol–water partition coefficient (Wildman–Crippen LogP) is 2.55. The van der Waals surface area contributed by atoms with Gasteiger partial charge in [0.2, 0.25) is 5.91 Å². The van der Waals surface area contributed by atoms with Crippen LogP contribution in [0.15, 0.2) is 0 Å². The molecule has 0 aliphatic rings. The molecule has 102 valence electrons. The average molecular weight is 242 g/mol. The van der Waals surface area contributed by atoms with Gasteiger partial charge >= 0.3 is 0 Å². The molecule has 0 aromatic carbocycles. The third-order valence-corrected chi connectivity index (χ3v) is 3.60. The van der Waals surface area contributed by atoms with Crippen LogP contribution >= 0.6 is 0 Å². The fourth-order valence-electron chi connectivity index (χ4n) is 1.60. The molecule has 0 bridgehead atoms. The summed E-state index contributed by atoms with van der Waals surface area (Å²) in [6, 6.07) is 0.208. The lowest BCUT2D eigenvalue weighted by molar-refractivity contribution is -0.123. The highest BCUT2D eigenvalue weighted by Gasteiger charge is 2.24. The Kier molecular flexibility index (Phi) is 6.76. The van der Waals surface area contributed by atoms with E-state index >= 15 is 0 Å². The number of hydrogen-bond donors (Lipinski definition) is 2. The average Bonchev–Trinajstić information content (AvgIpc) is 2.15. The zero-order chi connectivity index (χ0) is 13.6. The molecular formula is C14H30N2O. The molecule has 0 radical (unpaired) electrons. The molecule has 0 spiro atoms. The Morgan fingerprint density at radius 2 is 1.76 bits per heavy atom. The third-order valence-electron chi connectivity index (χ3n) is 3.60. The minimum atomic E-state index is 0.152. The van der Waals surface area contributed by atoms with E-state index in [0.29, 0.717) is 24.8 Å². The van der Waals surface area contributed by atoms with Gasteiger partial charge in [-0.15, -0.1) is 0 Å². The summed E-state index contributed by atoms with van der Waals surface area (Å²) < 4.78 is 0. The number of amides is 1. The van der Waals surface area contributed by atoms with Crippen LogP contribution in [0.2, 0.25) is 0 Å². The van der Waals surface area contributed by atoms with Crippen molar-refractivity contribution in [2.24, 2.45) is 23.0 Å². The van der Waals surface area contributed by atoms with Crippen molar-refractivity contribution in [2.45, 2.75) is 60.4 Å². The predicted molar refractivity (Wildman–Crippen MR) is 73.7 cm³/mol. The van der Waals surface area contributed by atoms with Crippen LogP contribution in [0.1, 0.15) is 54.4 Å². The lowest BCUT2D eigenvalue weighted by Crippen LogP contribution is -2.41. The number of carbonyl (C=O) groups is 1. The van der Waals surface area contributed by atoms with Gasteiger partial charge in [0.05, 0.1) is 0 Å². The van der Waals surface area contributed by atoms with Crippen LogP contribution in [0.5, 0.6) is 0 Å². The van der Waals surface area contributed by atoms with Gasteiger partial charge in [0, 0.05) is 12.5 Å². The third kappa shape index (κ3) is 6.67. The lowest BCUT2D eigenvalue weighted by Gasteiger charge is -2.28. The molecule has 0 aromatic rings. The van der Waals surface area contributed by atoms with Crippen molar-refractivity contribution in [1.82, 2.24) is 5.32 Å². The second-order valence-electron chi connectivity index (χ2n) is 6.47. The molecule has 0 saturated heterocycles. The van der Waals surface area contributed by atoms with Gasteiger partial charge in [-0.1, -0.05) is 41.5 Å². The van der Waals surface area contributed by atoms with Gasteiger partial charge in [0.25, 0.3) is 0 Å². The Balaban J connectivity index is 4.24. The first kappa shape index (κ1) is 16.4. The van der Waals surface area contributed by atoms with Crippen LogP contribution in [0.4, 0.5) is 0 Å². The maximum atomic E-state index is 11.9. The van der Waals surface area contributed by atoms with Gasteiger partial charge in [0.15, 0.2) is 0 Å². The summed E-state index contributed by atoms with van der Waals surface area (Å²) >= 11 is 0.